The molecule has 0 bridgehead atoms. The number of carbonyl (C=O) groups excluding carboxylic acids is 1. The Bertz CT molecular complexity index is 508. The zero-order chi connectivity index (χ0) is 11.0. The predicted molar refractivity (Wildman–Crippen MR) is 62.4 cm³/mol. The lowest BCUT2D eigenvalue weighted by Gasteiger charge is -2.06. The molecule has 0 saturated carbocycles. The van der Waals surface area contributed by atoms with E-state index >= 15 is 0 Å². The fourth-order valence-corrected chi connectivity index (χ4v) is 1.95. The Morgan fingerprint density at radius 2 is 2.07 bits per heavy atom. The highest BCUT2D eigenvalue weighted by Gasteiger charge is 2.11. The van der Waals surface area contributed by atoms with Crippen molar-refractivity contribution in [3.8, 4) is 0 Å². The van der Waals surface area contributed by atoms with Gasteiger partial charge in [-0.05, 0) is 18.4 Å². The Labute approximate surface area is 89.3 Å². The second-order valence-electron chi connectivity index (χ2n) is 4.18. The van der Waals surface area contributed by atoms with Crippen LogP contribution in [-0.2, 0) is 0 Å². The Morgan fingerprint density at radius 1 is 1.33 bits per heavy atom. The van der Waals surface area contributed by atoms with Crippen LogP contribution < -0.4 is 0 Å². The van der Waals surface area contributed by atoms with Crippen molar-refractivity contribution in [3.63, 3.8) is 0 Å². The fraction of sp³-hybridized carbons (Fsp3) is 0.308. The summed E-state index contributed by atoms with van der Waals surface area (Å²) in [5.74, 6) is 0.578. The largest absolute Gasteiger partial charge is 0.360 e. The molecule has 1 aromatic heterocycles. The van der Waals surface area contributed by atoms with Crippen molar-refractivity contribution >= 4 is 16.7 Å². The third kappa shape index (κ3) is 1.56. The summed E-state index contributed by atoms with van der Waals surface area (Å²) in [7, 11) is 0. The van der Waals surface area contributed by atoms with Crippen LogP contribution in [0.4, 0.5) is 0 Å². The quantitative estimate of drug-likeness (QED) is 0.741. The number of Topliss-reactive ketones (excluding diaryl/α,β-unsaturated/α-hetero) is 1. The summed E-state index contributed by atoms with van der Waals surface area (Å²) >= 11 is 0. The van der Waals surface area contributed by atoms with Gasteiger partial charge >= 0.3 is 0 Å². The van der Waals surface area contributed by atoms with Crippen LogP contribution in [0, 0.1) is 0 Å². The van der Waals surface area contributed by atoms with Crippen LogP contribution >= 0.6 is 0 Å². The summed E-state index contributed by atoms with van der Waals surface area (Å²) in [6.45, 7) is 5.91. The van der Waals surface area contributed by atoms with E-state index in [1.807, 2.05) is 12.1 Å². The van der Waals surface area contributed by atoms with E-state index in [1.165, 1.54) is 5.56 Å². The van der Waals surface area contributed by atoms with Crippen molar-refractivity contribution in [1.29, 1.82) is 0 Å². The highest BCUT2D eigenvalue weighted by molar-refractivity contribution is 6.07. The van der Waals surface area contributed by atoms with Crippen molar-refractivity contribution in [2.75, 3.05) is 0 Å². The van der Waals surface area contributed by atoms with Gasteiger partial charge in [-0.2, -0.15) is 0 Å². The van der Waals surface area contributed by atoms with Crippen LogP contribution in [-0.4, -0.2) is 10.8 Å². The number of H-pyrrole nitrogens is 1. The molecule has 0 aliphatic rings. The van der Waals surface area contributed by atoms with Crippen molar-refractivity contribution < 1.29 is 4.79 Å². The lowest BCUT2D eigenvalue weighted by Crippen LogP contribution is -1.91. The normalized spacial score (nSPS) is 11.2. The van der Waals surface area contributed by atoms with Crippen LogP contribution in [0.5, 0.6) is 0 Å². The summed E-state index contributed by atoms with van der Waals surface area (Å²) < 4.78 is 0. The molecule has 0 amide bonds. The molecule has 0 aliphatic heterocycles. The third-order valence-electron chi connectivity index (χ3n) is 2.75. The second-order valence-corrected chi connectivity index (χ2v) is 4.18. The maximum Gasteiger partial charge on any atom is 0.161 e. The number of carbonyl (C=O) groups is 1. The van der Waals surface area contributed by atoms with Gasteiger partial charge in [0.05, 0.1) is 0 Å². The van der Waals surface area contributed by atoms with Crippen LogP contribution in [0.15, 0.2) is 24.4 Å². The topological polar surface area (TPSA) is 32.9 Å². The average molecular weight is 201 g/mol. The van der Waals surface area contributed by atoms with E-state index in [0.717, 1.165) is 16.5 Å². The SMILES string of the molecule is CC(=O)c1c[nH]c2c(C(C)C)cccc12. The van der Waals surface area contributed by atoms with Gasteiger partial charge in [0.2, 0.25) is 0 Å². The van der Waals surface area contributed by atoms with E-state index < -0.39 is 0 Å². The van der Waals surface area contributed by atoms with Gasteiger partial charge in [0.1, 0.15) is 0 Å². The first-order chi connectivity index (χ1) is 7.11. The molecule has 1 N–H and O–H groups in total. The number of aromatic nitrogens is 1. The van der Waals surface area contributed by atoms with E-state index in [0.29, 0.717) is 5.92 Å². The Hall–Kier alpha value is -1.57. The first-order valence-corrected chi connectivity index (χ1v) is 5.22. The number of fused-ring (bicyclic) bond motifs is 1. The fourth-order valence-electron chi connectivity index (χ4n) is 1.95. The molecule has 0 aliphatic carbocycles. The number of nitrogens with one attached hydrogen (secondary N) is 1. The number of para-hydroxylation sites is 1. The minimum atomic E-state index is 0.113. The van der Waals surface area contributed by atoms with Gasteiger partial charge in [-0.15, -0.1) is 0 Å². The molecule has 0 unspecified atom stereocenters. The Kier molecular flexibility index (Phi) is 2.35. The van der Waals surface area contributed by atoms with Gasteiger partial charge in [-0.25, -0.2) is 0 Å². The minimum Gasteiger partial charge on any atom is -0.360 e. The molecule has 2 rings (SSSR count). The molecule has 1 aromatic carbocycles. The molecule has 0 fully saturated rings. The monoisotopic (exact) mass is 201 g/mol. The molecule has 0 atom stereocenters. The number of aromatic amines is 1. The van der Waals surface area contributed by atoms with Gasteiger partial charge in [0.15, 0.2) is 5.78 Å². The molecule has 0 radical (unpaired) electrons. The molecule has 2 aromatic rings. The predicted octanol–water partition coefficient (Wildman–Crippen LogP) is 3.49. The van der Waals surface area contributed by atoms with E-state index in [4.69, 9.17) is 0 Å². The van der Waals surface area contributed by atoms with Gasteiger partial charge < -0.3 is 4.98 Å². The highest BCUT2D eigenvalue weighted by atomic mass is 16.1. The van der Waals surface area contributed by atoms with Gasteiger partial charge in [0, 0.05) is 22.7 Å². The van der Waals surface area contributed by atoms with Crippen LogP contribution in [0.2, 0.25) is 0 Å². The summed E-state index contributed by atoms with van der Waals surface area (Å²) in [6.07, 6.45) is 1.80. The van der Waals surface area contributed by atoms with Crippen molar-refractivity contribution in [2.45, 2.75) is 26.7 Å². The molecule has 2 nitrogen and oxygen atoms in total. The molecular weight excluding hydrogens is 186 g/mol. The number of benzene rings is 1. The Morgan fingerprint density at radius 3 is 2.67 bits per heavy atom. The lowest BCUT2D eigenvalue weighted by molar-refractivity contribution is 0.101. The Balaban J connectivity index is 2.74. The zero-order valence-corrected chi connectivity index (χ0v) is 9.29. The number of rotatable bonds is 2. The van der Waals surface area contributed by atoms with E-state index in [9.17, 15) is 4.79 Å². The molecule has 78 valence electrons. The second kappa shape index (κ2) is 3.54. The van der Waals surface area contributed by atoms with Gasteiger partial charge in [-0.1, -0.05) is 32.0 Å². The van der Waals surface area contributed by atoms with E-state index in [2.05, 4.69) is 24.9 Å². The summed E-state index contributed by atoms with van der Waals surface area (Å²) in [4.78, 5) is 14.6. The highest BCUT2D eigenvalue weighted by Crippen LogP contribution is 2.26. The zero-order valence-electron chi connectivity index (χ0n) is 9.29. The van der Waals surface area contributed by atoms with Crippen molar-refractivity contribution in [2.24, 2.45) is 0 Å². The molecular formula is C13H15NO. The number of hydrogen-bond donors (Lipinski definition) is 1. The lowest BCUT2D eigenvalue weighted by atomic mass is 9.99. The van der Waals surface area contributed by atoms with Crippen molar-refractivity contribution in [3.05, 3.63) is 35.5 Å². The maximum absolute atomic E-state index is 11.4. The van der Waals surface area contributed by atoms with Crippen LogP contribution in [0.3, 0.4) is 0 Å². The average Bonchev–Trinajstić information content (AvgIpc) is 2.59. The molecule has 2 heteroatoms. The van der Waals surface area contributed by atoms with E-state index in [-0.39, 0.29) is 5.78 Å². The first-order valence-electron chi connectivity index (χ1n) is 5.22. The maximum atomic E-state index is 11.4. The summed E-state index contributed by atoms with van der Waals surface area (Å²) in [6, 6.07) is 6.11. The van der Waals surface area contributed by atoms with Crippen molar-refractivity contribution in [1.82, 2.24) is 4.98 Å². The van der Waals surface area contributed by atoms with Crippen LogP contribution in [0.25, 0.3) is 10.9 Å². The first kappa shape index (κ1) is 9.97. The summed E-state index contributed by atoms with van der Waals surface area (Å²) in [5, 5.41) is 1.04. The minimum absolute atomic E-state index is 0.113. The number of hydrogen-bond acceptors (Lipinski definition) is 1. The van der Waals surface area contributed by atoms with Gasteiger partial charge in [-0.3, -0.25) is 4.79 Å². The van der Waals surface area contributed by atoms with E-state index in [1.54, 1.807) is 13.1 Å². The molecule has 0 spiro atoms. The number of ketones is 1. The molecule has 0 saturated heterocycles. The summed E-state index contributed by atoms with van der Waals surface area (Å²) in [5.41, 5.74) is 3.14. The standard InChI is InChI=1S/C13H15NO/c1-8(2)10-5-4-6-11-12(9(3)15)7-14-13(10)11/h4-8,14H,1-3H3. The molecule has 1 heterocycles. The smallest absolute Gasteiger partial charge is 0.161 e. The molecule has 15 heavy (non-hydrogen) atoms. The van der Waals surface area contributed by atoms with Gasteiger partial charge in [0.25, 0.3) is 0 Å². The third-order valence-corrected chi connectivity index (χ3v) is 2.75. The van der Waals surface area contributed by atoms with Crippen LogP contribution in [0.1, 0.15) is 42.6 Å².